The summed E-state index contributed by atoms with van der Waals surface area (Å²) in [6, 6.07) is 7.49. The second kappa shape index (κ2) is 7.30. The number of amides is 1. The van der Waals surface area contributed by atoms with Gasteiger partial charge in [0.25, 0.3) is 5.91 Å². The minimum absolute atomic E-state index is 0.217. The number of anilines is 2. The molecular formula is C18H21BrN4O. The molecule has 126 valence electrons. The summed E-state index contributed by atoms with van der Waals surface area (Å²) < 4.78 is 1.02. The van der Waals surface area contributed by atoms with Gasteiger partial charge in [-0.15, -0.1) is 0 Å². The standard InChI is InChI=1S/C18H21BrN4O/c1-12-5-7-23(8-6-12)17-10-16(20-11-21-17)18(24)22-14-3-4-15(19)13(2)9-14/h3-4,9-12H,5-8H2,1-2H3,(H,22,24). The van der Waals surface area contributed by atoms with Crippen LogP contribution in [0, 0.1) is 12.8 Å². The molecule has 2 heterocycles. The Morgan fingerprint density at radius 3 is 2.71 bits per heavy atom. The number of nitrogens with one attached hydrogen (secondary N) is 1. The van der Waals surface area contributed by atoms with Crippen LogP contribution in [0.2, 0.25) is 0 Å². The van der Waals surface area contributed by atoms with Crippen molar-refractivity contribution in [2.24, 2.45) is 5.92 Å². The molecule has 0 saturated carbocycles. The Balaban J connectivity index is 1.73. The lowest BCUT2D eigenvalue weighted by Crippen LogP contribution is -2.33. The average molecular weight is 389 g/mol. The summed E-state index contributed by atoms with van der Waals surface area (Å²) in [7, 11) is 0. The second-order valence-electron chi connectivity index (χ2n) is 6.35. The van der Waals surface area contributed by atoms with E-state index in [0.29, 0.717) is 5.69 Å². The minimum atomic E-state index is -0.217. The van der Waals surface area contributed by atoms with Gasteiger partial charge >= 0.3 is 0 Å². The summed E-state index contributed by atoms with van der Waals surface area (Å²) >= 11 is 3.46. The molecule has 1 saturated heterocycles. The zero-order chi connectivity index (χ0) is 17.1. The number of benzene rings is 1. The molecule has 0 unspecified atom stereocenters. The molecule has 6 heteroatoms. The van der Waals surface area contributed by atoms with E-state index >= 15 is 0 Å². The van der Waals surface area contributed by atoms with Gasteiger partial charge in [-0.25, -0.2) is 9.97 Å². The summed E-state index contributed by atoms with van der Waals surface area (Å²) in [5, 5.41) is 2.89. The van der Waals surface area contributed by atoms with Crippen molar-refractivity contribution < 1.29 is 4.79 Å². The zero-order valence-electron chi connectivity index (χ0n) is 13.9. The molecule has 1 aromatic heterocycles. The summed E-state index contributed by atoms with van der Waals surface area (Å²) in [6.07, 6.45) is 3.78. The van der Waals surface area contributed by atoms with Crippen molar-refractivity contribution in [2.45, 2.75) is 26.7 Å². The molecule has 1 amide bonds. The molecule has 2 aromatic rings. The van der Waals surface area contributed by atoms with Crippen molar-refractivity contribution in [3.8, 4) is 0 Å². The number of carbonyl (C=O) groups is 1. The topological polar surface area (TPSA) is 58.1 Å². The molecule has 0 radical (unpaired) electrons. The minimum Gasteiger partial charge on any atom is -0.356 e. The normalized spacial score (nSPS) is 15.4. The second-order valence-corrected chi connectivity index (χ2v) is 7.20. The maximum Gasteiger partial charge on any atom is 0.274 e. The van der Waals surface area contributed by atoms with E-state index in [9.17, 15) is 4.79 Å². The van der Waals surface area contributed by atoms with Gasteiger partial charge in [0.2, 0.25) is 0 Å². The van der Waals surface area contributed by atoms with E-state index < -0.39 is 0 Å². The number of rotatable bonds is 3. The summed E-state index contributed by atoms with van der Waals surface area (Å²) in [4.78, 5) is 23.1. The van der Waals surface area contributed by atoms with E-state index in [2.05, 4.69) is 43.0 Å². The number of nitrogens with zero attached hydrogens (tertiary/aromatic N) is 3. The molecule has 0 aliphatic carbocycles. The maximum atomic E-state index is 12.5. The number of halogens is 1. The molecule has 5 nitrogen and oxygen atoms in total. The van der Waals surface area contributed by atoms with Crippen LogP contribution < -0.4 is 10.2 Å². The molecular weight excluding hydrogens is 368 g/mol. The zero-order valence-corrected chi connectivity index (χ0v) is 15.5. The van der Waals surface area contributed by atoms with E-state index in [1.54, 1.807) is 6.07 Å². The SMILES string of the molecule is Cc1cc(NC(=O)c2cc(N3CCC(C)CC3)ncn2)ccc1Br. The fourth-order valence-corrected chi connectivity index (χ4v) is 3.05. The predicted molar refractivity (Wildman–Crippen MR) is 99.5 cm³/mol. The molecule has 1 aliphatic rings. The third kappa shape index (κ3) is 3.93. The number of carbonyl (C=O) groups excluding carboxylic acids is 1. The summed E-state index contributed by atoms with van der Waals surface area (Å²) in [6.45, 7) is 6.21. The fraction of sp³-hybridized carbons (Fsp3) is 0.389. The molecule has 0 atom stereocenters. The highest BCUT2D eigenvalue weighted by Gasteiger charge is 2.18. The van der Waals surface area contributed by atoms with Gasteiger partial charge in [-0.2, -0.15) is 0 Å². The van der Waals surface area contributed by atoms with Crippen LogP contribution in [0.1, 0.15) is 35.8 Å². The quantitative estimate of drug-likeness (QED) is 0.861. The van der Waals surface area contributed by atoms with E-state index in [4.69, 9.17) is 0 Å². The Bertz CT molecular complexity index is 742. The summed E-state index contributed by atoms with van der Waals surface area (Å²) in [5.41, 5.74) is 2.21. The third-order valence-electron chi connectivity index (χ3n) is 4.41. The van der Waals surface area contributed by atoms with E-state index in [1.807, 2.05) is 25.1 Å². The van der Waals surface area contributed by atoms with Gasteiger partial charge in [-0.1, -0.05) is 22.9 Å². The van der Waals surface area contributed by atoms with Crippen molar-refractivity contribution in [2.75, 3.05) is 23.3 Å². The highest BCUT2D eigenvalue weighted by atomic mass is 79.9. The molecule has 3 rings (SSSR count). The van der Waals surface area contributed by atoms with Crippen molar-refractivity contribution in [1.82, 2.24) is 9.97 Å². The largest absolute Gasteiger partial charge is 0.356 e. The van der Waals surface area contributed by atoms with Crippen molar-refractivity contribution in [3.63, 3.8) is 0 Å². The Hall–Kier alpha value is -1.95. The van der Waals surface area contributed by atoms with Crippen molar-refractivity contribution >= 4 is 33.3 Å². The van der Waals surface area contributed by atoms with Crippen molar-refractivity contribution in [3.05, 3.63) is 46.3 Å². The first-order valence-corrected chi connectivity index (χ1v) is 8.97. The van der Waals surface area contributed by atoms with Crippen LogP contribution in [0.25, 0.3) is 0 Å². The number of hydrogen-bond acceptors (Lipinski definition) is 4. The van der Waals surface area contributed by atoms with Crippen LogP contribution in [-0.2, 0) is 0 Å². The van der Waals surface area contributed by atoms with Crippen LogP contribution in [0.5, 0.6) is 0 Å². The van der Waals surface area contributed by atoms with Gasteiger partial charge in [0.1, 0.15) is 17.8 Å². The lowest BCUT2D eigenvalue weighted by atomic mass is 9.99. The van der Waals surface area contributed by atoms with Gasteiger partial charge in [-0.3, -0.25) is 4.79 Å². The molecule has 1 aromatic carbocycles. The van der Waals surface area contributed by atoms with Gasteiger partial charge < -0.3 is 10.2 Å². The number of hydrogen-bond donors (Lipinski definition) is 1. The molecule has 1 N–H and O–H groups in total. The Labute approximate surface area is 150 Å². The van der Waals surface area contributed by atoms with Gasteiger partial charge in [0.05, 0.1) is 0 Å². The Morgan fingerprint density at radius 1 is 1.25 bits per heavy atom. The lowest BCUT2D eigenvalue weighted by molar-refractivity contribution is 0.102. The average Bonchev–Trinajstić information content (AvgIpc) is 2.59. The van der Waals surface area contributed by atoms with Crippen molar-refractivity contribution in [1.29, 1.82) is 0 Å². The van der Waals surface area contributed by atoms with E-state index in [0.717, 1.165) is 53.4 Å². The van der Waals surface area contributed by atoms with E-state index in [1.165, 1.54) is 6.33 Å². The number of piperidine rings is 1. The first-order valence-electron chi connectivity index (χ1n) is 8.17. The molecule has 0 bridgehead atoms. The number of aryl methyl sites for hydroxylation is 1. The molecule has 1 aliphatic heterocycles. The summed E-state index contributed by atoms with van der Waals surface area (Å²) in [5.74, 6) is 1.37. The smallest absolute Gasteiger partial charge is 0.274 e. The van der Waals surface area contributed by atoms with E-state index in [-0.39, 0.29) is 5.91 Å². The highest BCUT2D eigenvalue weighted by Crippen LogP contribution is 2.22. The third-order valence-corrected chi connectivity index (χ3v) is 5.30. The molecule has 1 fully saturated rings. The monoisotopic (exact) mass is 388 g/mol. The van der Waals surface area contributed by atoms with Gasteiger partial charge in [0.15, 0.2) is 0 Å². The maximum absolute atomic E-state index is 12.5. The predicted octanol–water partition coefficient (Wildman–Crippen LogP) is 4.04. The van der Waals surface area contributed by atoms with Crippen LogP contribution >= 0.6 is 15.9 Å². The van der Waals surface area contributed by atoms with Crippen LogP contribution in [0.15, 0.2) is 35.1 Å². The van der Waals surface area contributed by atoms with Crippen LogP contribution in [-0.4, -0.2) is 29.0 Å². The Morgan fingerprint density at radius 2 is 2.00 bits per heavy atom. The lowest BCUT2D eigenvalue weighted by Gasteiger charge is -2.31. The van der Waals surface area contributed by atoms with Gasteiger partial charge in [-0.05, 0) is 49.4 Å². The fourth-order valence-electron chi connectivity index (χ4n) is 2.80. The van der Waals surface area contributed by atoms with Gasteiger partial charge in [0, 0.05) is 29.3 Å². The first-order chi connectivity index (χ1) is 11.5. The molecule has 0 spiro atoms. The molecule has 24 heavy (non-hydrogen) atoms. The van der Waals surface area contributed by atoms with Crippen LogP contribution in [0.4, 0.5) is 11.5 Å². The Kier molecular flexibility index (Phi) is 5.14. The highest BCUT2D eigenvalue weighted by molar-refractivity contribution is 9.10. The number of aromatic nitrogens is 2. The first kappa shape index (κ1) is 16.9. The van der Waals surface area contributed by atoms with Crippen LogP contribution in [0.3, 0.4) is 0 Å².